The van der Waals surface area contributed by atoms with Gasteiger partial charge in [-0.2, -0.15) is 0 Å². The van der Waals surface area contributed by atoms with Crippen molar-refractivity contribution in [1.29, 1.82) is 0 Å². The molecule has 1 aliphatic rings. The number of hydrogen-bond acceptors (Lipinski definition) is 2. The van der Waals surface area contributed by atoms with E-state index in [1.54, 1.807) is 12.1 Å². The quantitative estimate of drug-likeness (QED) is 0.868. The van der Waals surface area contributed by atoms with Crippen LogP contribution in [0, 0.1) is 0 Å². The summed E-state index contributed by atoms with van der Waals surface area (Å²) in [5, 5.41) is 9.53. The second kappa shape index (κ2) is 3.22. The van der Waals surface area contributed by atoms with Crippen LogP contribution in [0.4, 0.5) is 0 Å². The second-order valence-electron chi connectivity index (χ2n) is 4.95. The summed E-state index contributed by atoms with van der Waals surface area (Å²) < 4.78 is 1.02. The highest BCUT2D eigenvalue weighted by Crippen LogP contribution is 2.51. The summed E-state index contributed by atoms with van der Waals surface area (Å²) in [6.45, 7) is 4.28. The molecule has 0 aromatic heterocycles. The fourth-order valence-electron chi connectivity index (χ4n) is 2.02. The Morgan fingerprint density at radius 2 is 2.00 bits per heavy atom. The molecular weight excluding hydrogens is 254 g/mol. The first kappa shape index (κ1) is 11.0. The van der Waals surface area contributed by atoms with Crippen molar-refractivity contribution >= 4 is 15.9 Å². The maximum Gasteiger partial charge on any atom is 0.115 e. The minimum Gasteiger partial charge on any atom is -0.508 e. The minimum atomic E-state index is -0.108. The molecule has 0 aliphatic heterocycles. The summed E-state index contributed by atoms with van der Waals surface area (Å²) in [5.41, 5.74) is 7.14. The van der Waals surface area contributed by atoms with Crippen molar-refractivity contribution in [3.63, 3.8) is 0 Å². The van der Waals surface area contributed by atoms with Gasteiger partial charge in [-0.15, -0.1) is 0 Å². The molecule has 2 nitrogen and oxygen atoms in total. The lowest BCUT2D eigenvalue weighted by Gasteiger charge is -2.33. The van der Waals surface area contributed by atoms with E-state index < -0.39 is 0 Å². The molecule has 0 spiro atoms. The van der Waals surface area contributed by atoms with Crippen molar-refractivity contribution in [2.75, 3.05) is 0 Å². The zero-order chi connectivity index (χ0) is 11.3. The third-order valence-electron chi connectivity index (χ3n) is 3.66. The average Bonchev–Trinajstić information content (AvgIpc) is 2.89. The summed E-state index contributed by atoms with van der Waals surface area (Å²) in [7, 11) is 0. The van der Waals surface area contributed by atoms with E-state index in [4.69, 9.17) is 5.73 Å². The van der Waals surface area contributed by atoms with Crippen LogP contribution in [-0.2, 0) is 5.41 Å². The van der Waals surface area contributed by atoms with Gasteiger partial charge < -0.3 is 10.8 Å². The molecule has 1 fully saturated rings. The number of phenols is 1. The van der Waals surface area contributed by atoms with Gasteiger partial charge in [-0.3, -0.25) is 0 Å². The van der Waals surface area contributed by atoms with Gasteiger partial charge in [0.05, 0.1) is 0 Å². The van der Waals surface area contributed by atoms with Crippen LogP contribution in [-0.4, -0.2) is 10.6 Å². The standard InChI is InChI=1S/C12H16BrNO/c1-11(2,12(14)5-6-12)9-7-8(15)3-4-10(9)13/h3-4,7,15H,5-6,14H2,1-2H3. The van der Waals surface area contributed by atoms with Crippen LogP contribution < -0.4 is 5.73 Å². The zero-order valence-corrected chi connectivity index (χ0v) is 10.6. The van der Waals surface area contributed by atoms with Crippen LogP contribution >= 0.6 is 15.9 Å². The maximum absolute atomic E-state index is 9.53. The predicted octanol–water partition coefficient (Wildman–Crippen LogP) is 2.92. The van der Waals surface area contributed by atoms with Crippen molar-refractivity contribution in [2.45, 2.75) is 37.6 Å². The molecule has 0 unspecified atom stereocenters. The molecule has 0 radical (unpaired) electrons. The number of aromatic hydroxyl groups is 1. The van der Waals surface area contributed by atoms with Crippen LogP contribution in [0.3, 0.4) is 0 Å². The van der Waals surface area contributed by atoms with Gasteiger partial charge >= 0.3 is 0 Å². The number of benzene rings is 1. The molecule has 15 heavy (non-hydrogen) atoms. The van der Waals surface area contributed by atoms with E-state index >= 15 is 0 Å². The lowest BCUT2D eigenvalue weighted by atomic mass is 9.76. The van der Waals surface area contributed by atoms with Crippen molar-refractivity contribution in [3.8, 4) is 5.75 Å². The van der Waals surface area contributed by atoms with Gasteiger partial charge in [0.25, 0.3) is 0 Å². The van der Waals surface area contributed by atoms with E-state index in [1.807, 2.05) is 6.07 Å². The Morgan fingerprint density at radius 1 is 1.40 bits per heavy atom. The van der Waals surface area contributed by atoms with Crippen molar-refractivity contribution in [1.82, 2.24) is 0 Å². The molecular formula is C12H16BrNO. The fourth-order valence-corrected chi connectivity index (χ4v) is 2.76. The van der Waals surface area contributed by atoms with Crippen LogP contribution in [0.15, 0.2) is 22.7 Å². The Labute approximate surface area is 98.6 Å². The predicted molar refractivity (Wildman–Crippen MR) is 65.0 cm³/mol. The number of nitrogens with two attached hydrogens (primary N) is 1. The summed E-state index contributed by atoms with van der Waals surface area (Å²) in [6, 6.07) is 5.36. The van der Waals surface area contributed by atoms with Crippen LogP contribution in [0.2, 0.25) is 0 Å². The second-order valence-corrected chi connectivity index (χ2v) is 5.80. The molecule has 0 bridgehead atoms. The Morgan fingerprint density at radius 3 is 2.53 bits per heavy atom. The highest BCUT2D eigenvalue weighted by molar-refractivity contribution is 9.10. The fraction of sp³-hybridized carbons (Fsp3) is 0.500. The monoisotopic (exact) mass is 269 g/mol. The highest BCUT2D eigenvalue weighted by Gasteiger charge is 2.52. The molecule has 82 valence electrons. The van der Waals surface area contributed by atoms with Gasteiger partial charge in [-0.05, 0) is 36.6 Å². The smallest absolute Gasteiger partial charge is 0.115 e. The van der Waals surface area contributed by atoms with Gasteiger partial charge in [0.1, 0.15) is 5.75 Å². The van der Waals surface area contributed by atoms with E-state index in [9.17, 15) is 5.11 Å². The minimum absolute atomic E-state index is 0.107. The van der Waals surface area contributed by atoms with Crippen molar-refractivity contribution in [3.05, 3.63) is 28.2 Å². The molecule has 2 rings (SSSR count). The topological polar surface area (TPSA) is 46.2 Å². The molecule has 3 heteroatoms. The van der Waals surface area contributed by atoms with Gasteiger partial charge in [-0.1, -0.05) is 29.8 Å². The van der Waals surface area contributed by atoms with Gasteiger partial charge in [0.2, 0.25) is 0 Å². The molecule has 0 amide bonds. The van der Waals surface area contributed by atoms with Gasteiger partial charge in [0.15, 0.2) is 0 Å². The lowest BCUT2D eigenvalue weighted by Crippen LogP contribution is -2.43. The number of halogens is 1. The normalized spacial score (nSPS) is 18.9. The average molecular weight is 270 g/mol. The van der Waals surface area contributed by atoms with Crippen molar-refractivity contribution < 1.29 is 5.11 Å². The molecule has 1 saturated carbocycles. The molecule has 1 aromatic rings. The molecule has 1 aromatic carbocycles. The summed E-state index contributed by atoms with van der Waals surface area (Å²) >= 11 is 3.52. The highest BCUT2D eigenvalue weighted by atomic mass is 79.9. The molecule has 1 aliphatic carbocycles. The third kappa shape index (κ3) is 1.68. The Kier molecular flexibility index (Phi) is 2.36. The molecule has 3 N–H and O–H groups in total. The molecule has 0 atom stereocenters. The SMILES string of the molecule is CC(C)(c1cc(O)ccc1Br)C1(N)CC1. The summed E-state index contributed by atoms with van der Waals surface area (Å²) in [4.78, 5) is 0. The molecule has 0 heterocycles. The van der Waals surface area contributed by atoms with Crippen LogP contribution in [0.25, 0.3) is 0 Å². The van der Waals surface area contributed by atoms with E-state index in [-0.39, 0.29) is 11.0 Å². The van der Waals surface area contributed by atoms with Crippen LogP contribution in [0.1, 0.15) is 32.3 Å². The van der Waals surface area contributed by atoms with Crippen molar-refractivity contribution in [2.24, 2.45) is 5.73 Å². The Bertz CT molecular complexity index is 397. The zero-order valence-electron chi connectivity index (χ0n) is 9.05. The first-order valence-corrected chi connectivity index (χ1v) is 5.94. The third-order valence-corrected chi connectivity index (χ3v) is 4.35. The number of rotatable bonds is 2. The first-order valence-electron chi connectivity index (χ1n) is 5.15. The van der Waals surface area contributed by atoms with Crippen LogP contribution in [0.5, 0.6) is 5.75 Å². The van der Waals surface area contributed by atoms with E-state index in [0.717, 1.165) is 22.9 Å². The van der Waals surface area contributed by atoms with Gasteiger partial charge in [-0.25, -0.2) is 0 Å². The largest absolute Gasteiger partial charge is 0.508 e. The van der Waals surface area contributed by atoms with E-state index in [1.165, 1.54) is 0 Å². The van der Waals surface area contributed by atoms with E-state index in [2.05, 4.69) is 29.8 Å². The summed E-state index contributed by atoms with van der Waals surface area (Å²) in [6.07, 6.45) is 2.12. The van der Waals surface area contributed by atoms with E-state index in [0.29, 0.717) is 5.75 Å². The maximum atomic E-state index is 9.53. The molecule has 0 saturated heterocycles. The summed E-state index contributed by atoms with van der Waals surface area (Å²) in [5.74, 6) is 0.297. The van der Waals surface area contributed by atoms with Gasteiger partial charge in [0, 0.05) is 15.4 Å². The Balaban J connectivity index is 2.48. The Hall–Kier alpha value is -0.540. The lowest BCUT2D eigenvalue weighted by molar-refractivity contribution is 0.386. The number of hydrogen-bond donors (Lipinski definition) is 2. The first-order chi connectivity index (χ1) is 6.87. The number of phenolic OH excluding ortho intramolecular Hbond substituents is 1.